The van der Waals surface area contributed by atoms with Gasteiger partial charge < -0.3 is 4.90 Å². The smallest absolute Gasteiger partial charge is 0.314 e. The van der Waals surface area contributed by atoms with Crippen molar-refractivity contribution in [3.63, 3.8) is 0 Å². The Morgan fingerprint density at radius 2 is 1.75 bits per heavy atom. The molecule has 0 fully saturated rings. The number of rotatable bonds is 5. The van der Waals surface area contributed by atoms with Crippen LogP contribution in [-0.4, -0.2) is 52.7 Å². The van der Waals surface area contributed by atoms with Crippen LogP contribution in [0.25, 0.3) is 0 Å². The Kier molecular flexibility index (Phi) is 5.75. The Hall–Kier alpha value is -2.33. The van der Waals surface area contributed by atoms with Gasteiger partial charge in [0.2, 0.25) is 5.96 Å². The number of halogens is 3. The summed E-state index contributed by atoms with van der Waals surface area (Å²) in [7, 11) is 0. The fourth-order valence-corrected chi connectivity index (χ4v) is 5.22. The molecule has 0 unspecified atom stereocenters. The van der Waals surface area contributed by atoms with E-state index in [4.69, 9.17) is 0 Å². The van der Waals surface area contributed by atoms with Crippen molar-refractivity contribution in [3.8, 4) is 0 Å². The summed E-state index contributed by atoms with van der Waals surface area (Å²) < 4.78 is 25.4. The van der Waals surface area contributed by atoms with Crippen LogP contribution in [0.1, 0.15) is 23.1 Å². The van der Waals surface area contributed by atoms with Crippen LogP contribution >= 0.6 is 22.6 Å². The van der Waals surface area contributed by atoms with Crippen molar-refractivity contribution in [2.45, 2.75) is 23.4 Å². The summed E-state index contributed by atoms with van der Waals surface area (Å²) in [4.78, 5) is 24.1. The number of amides is 1. The van der Waals surface area contributed by atoms with Gasteiger partial charge in [-0.25, -0.2) is 0 Å². The minimum atomic E-state index is -3.01. The van der Waals surface area contributed by atoms with Crippen LogP contribution in [0.2, 0.25) is 0 Å². The first-order valence-corrected chi connectivity index (χ1v) is 11.8. The average molecular weight is 548 g/mol. The highest BCUT2D eigenvalue weighted by Crippen LogP contribution is 2.38. The third-order valence-corrected chi connectivity index (χ3v) is 6.77. The number of nitrogens with zero attached hydrogens (tertiary/aromatic N) is 4. The van der Waals surface area contributed by atoms with E-state index in [1.54, 1.807) is 23.1 Å². The molecule has 0 N–H and O–H groups in total. The van der Waals surface area contributed by atoms with Gasteiger partial charge in [0, 0.05) is 66.5 Å². The molecule has 2 aromatic carbocycles. The molecule has 2 aromatic rings. The molecule has 0 aliphatic carbocycles. The van der Waals surface area contributed by atoms with Crippen LogP contribution in [0.15, 0.2) is 70.9 Å². The van der Waals surface area contributed by atoms with Crippen LogP contribution < -0.4 is 0 Å². The van der Waals surface area contributed by atoms with E-state index in [1.165, 1.54) is 11.6 Å². The number of hydrogen-bond acceptors (Lipinski definition) is 4. The van der Waals surface area contributed by atoms with Crippen LogP contribution in [0.3, 0.4) is 0 Å². The summed E-state index contributed by atoms with van der Waals surface area (Å²) in [6, 6.07) is 16.6. The highest BCUT2D eigenvalue weighted by Gasteiger charge is 2.41. The highest BCUT2D eigenvalue weighted by molar-refractivity contribution is 14.1. The molecule has 3 heterocycles. The molecule has 166 valence electrons. The van der Waals surface area contributed by atoms with E-state index in [9.17, 15) is 13.6 Å². The van der Waals surface area contributed by atoms with Gasteiger partial charge in [-0.1, -0.05) is 54.6 Å². The number of carbonyl (C=O) groups is 1. The first kappa shape index (κ1) is 21.5. The first-order valence-electron chi connectivity index (χ1n) is 10.7. The SMILES string of the molecule is O=C1C2=C(CCN(Cc3ccccc3)C2)N2CCN=C2N1Cc1ccccc1C(F)(F)I. The maximum Gasteiger partial charge on any atom is 0.321 e. The lowest BCUT2D eigenvalue weighted by Crippen LogP contribution is -2.53. The molecule has 0 bridgehead atoms. The molecular formula is C24H23F2IN4O. The van der Waals surface area contributed by atoms with Gasteiger partial charge in [0.1, 0.15) is 0 Å². The van der Waals surface area contributed by atoms with Crippen molar-refractivity contribution in [1.29, 1.82) is 0 Å². The summed E-state index contributed by atoms with van der Waals surface area (Å²) in [5, 5.41) is 0. The molecule has 0 aromatic heterocycles. The second kappa shape index (κ2) is 8.55. The van der Waals surface area contributed by atoms with Gasteiger partial charge in [0.25, 0.3) is 5.91 Å². The second-order valence-electron chi connectivity index (χ2n) is 8.25. The van der Waals surface area contributed by atoms with E-state index in [0.717, 1.165) is 59.9 Å². The van der Waals surface area contributed by atoms with Crippen molar-refractivity contribution in [2.75, 3.05) is 26.2 Å². The van der Waals surface area contributed by atoms with Gasteiger partial charge >= 0.3 is 3.93 Å². The third kappa shape index (κ3) is 4.05. The summed E-state index contributed by atoms with van der Waals surface area (Å²) in [5.74, 6) is 0.470. The molecule has 1 amide bonds. The highest BCUT2D eigenvalue weighted by atomic mass is 127. The van der Waals surface area contributed by atoms with Crippen molar-refractivity contribution in [2.24, 2.45) is 4.99 Å². The Morgan fingerprint density at radius 3 is 2.53 bits per heavy atom. The molecule has 3 aliphatic rings. The van der Waals surface area contributed by atoms with Gasteiger partial charge in [-0.3, -0.25) is 19.6 Å². The number of fused-ring (bicyclic) bond motifs is 2. The number of aliphatic imine (C=N–C) groups is 1. The predicted octanol–water partition coefficient (Wildman–Crippen LogP) is 4.34. The molecule has 0 atom stereocenters. The van der Waals surface area contributed by atoms with Crippen molar-refractivity contribution in [3.05, 3.63) is 82.6 Å². The van der Waals surface area contributed by atoms with Gasteiger partial charge in [0.05, 0.1) is 18.7 Å². The summed E-state index contributed by atoms with van der Waals surface area (Å²) in [6.07, 6.45) is 0.781. The van der Waals surface area contributed by atoms with Crippen LogP contribution in [0.5, 0.6) is 0 Å². The predicted molar refractivity (Wildman–Crippen MR) is 127 cm³/mol. The number of hydrogen-bond donors (Lipinski definition) is 0. The van der Waals surface area contributed by atoms with E-state index in [1.807, 2.05) is 18.2 Å². The van der Waals surface area contributed by atoms with Crippen molar-refractivity contribution < 1.29 is 13.6 Å². The van der Waals surface area contributed by atoms with Gasteiger partial charge in [0.15, 0.2) is 0 Å². The van der Waals surface area contributed by atoms with E-state index < -0.39 is 3.93 Å². The van der Waals surface area contributed by atoms with Crippen LogP contribution in [0, 0.1) is 0 Å². The fraction of sp³-hybridized carbons (Fsp3) is 0.333. The van der Waals surface area contributed by atoms with Crippen LogP contribution in [-0.2, 0) is 21.8 Å². The molecule has 3 aliphatic heterocycles. The number of alkyl halides is 3. The maximum absolute atomic E-state index is 14.2. The normalized spacial score (nSPS) is 19.2. The fourth-order valence-electron chi connectivity index (χ4n) is 4.70. The number of carbonyl (C=O) groups excluding carboxylic acids is 1. The van der Waals surface area contributed by atoms with E-state index in [0.29, 0.717) is 24.6 Å². The van der Waals surface area contributed by atoms with E-state index in [2.05, 4.69) is 26.9 Å². The minimum absolute atomic E-state index is 0.0623. The first-order chi connectivity index (χ1) is 15.4. The largest absolute Gasteiger partial charge is 0.321 e. The summed E-state index contributed by atoms with van der Waals surface area (Å²) in [5.41, 5.74) is 3.38. The zero-order chi connectivity index (χ0) is 22.3. The topological polar surface area (TPSA) is 39.2 Å². The molecule has 8 heteroatoms. The zero-order valence-corrected chi connectivity index (χ0v) is 19.6. The van der Waals surface area contributed by atoms with E-state index >= 15 is 0 Å². The molecule has 32 heavy (non-hydrogen) atoms. The molecule has 0 saturated heterocycles. The molecule has 0 radical (unpaired) electrons. The van der Waals surface area contributed by atoms with Crippen LogP contribution in [0.4, 0.5) is 8.78 Å². The molecule has 0 saturated carbocycles. The average Bonchev–Trinajstić information content (AvgIpc) is 3.27. The Morgan fingerprint density at radius 1 is 1.00 bits per heavy atom. The standard InChI is InChI=1S/C24H23F2IN4O/c25-24(26,27)20-9-5-4-8-18(20)15-31-22(32)19-16-29(14-17-6-2-1-3-7-17)12-10-21(19)30-13-11-28-23(30)31/h1-9H,10-16H2. The van der Waals surface area contributed by atoms with Gasteiger partial charge in [-0.2, -0.15) is 8.78 Å². The number of benzene rings is 2. The van der Waals surface area contributed by atoms with E-state index in [-0.39, 0.29) is 18.0 Å². The zero-order valence-electron chi connectivity index (χ0n) is 17.5. The summed E-state index contributed by atoms with van der Waals surface area (Å²) in [6.45, 7) is 3.60. The Balaban J connectivity index is 1.43. The quantitative estimate of drug-likeness (QED) is 0.413. The lowest BCUT2D eigenvalue weighted by Gasteiger charge is -2.42. The molecular weight excluding hydrogens is 525 g/mol. The number of guanidine groups is 1. The van der Waals surface area contributed by atoms with Gasteiger partial charge in [-0.15, -0.1) is 0 Å². The lowest BCUT2D eigenvalue weighted by molar-refractivity contribution is -0.125. The minimum Gasteiger partial charge on any atom is -0.314 e. The summed E-state index contributed by atoms with van der Waals surface area (Å²) >= 11 is 1.15. The third-order valence-electron chi connectivity index (χ3n) is 6.18. The monoisotopic (exact) mass is 548 g/mol. The molecule has 5 rings (SSSR count). The molecule has 0 spiro atoms. The second-order valence-corrected chi connectivity index (χ2v) is 9.61. The maximum atomic E-state index is 14.2. The molecule has 5 nitrogen and oxygen atoms in total. The Bertz CT molecular complexity index is 1100. The van der Waals surface area contributed by atoms with Crippen molar-refractivity contribution >= 4 is 34.5 Å². The van der Waals surface area contributed by atoms with Gasteiger partial charge in [-0.05, 0) is 11.1 Å². The Labute approximate surface area is 199 Å². The van der Waals surface area contributed by atoms with Crippen molar-refractivity contribution in [1.82, 2.24) is 14.7 Å². The lowest BCUT2D eigenvalue weighted by atomic mass is 9.99.